The monoisotopic (exact) mass is 226 g/mol. The lowest BCUT2D eigenvalue weighted by Gasteiger charge is -1.99. The Labute approximate surface area is 98.2 Å². The van der Waals surface area contributed by atoms with E-state index in [0.29, 0.717) is 13.0 Å². The van der Waals surface area contributed by atoms with Gasteiger partial charge in [-0.3, -0.25) is 9.59 Å². The molecule has 92 valence electrons. The molecule has 0 aliphatic rings. The van der Waals surface area contributed by atoms with Crippen LogP contribution in [0.25, 0.3) is 0 Å². The van der Waals surface area contributed by atoms with Crippen molar-refractivity contribution in [3.8, 4) is 0 Å². The summed E-state index contributed by atoms with van der Waals surface area (Å²) in [7, 11) is 0. The molecule has 0 aromatic carbocycles. The number of hydrogen-bond donors (Lipinski definition) is 0. The van der Waals surface area contributed by atoms with E-state index >= 15 is 0 Å². The average Bonchev–Trinajstić information content (AvgIpc) is 2.29. The number of rotatable bonds is 7. The minimum Gasteiger partial charge on any atom is -0.461 e. The SMILES string of the molecule is C=CCOC(=O)CCCCC.CC=CC=O. The van der Waals surface area contributed by atoms with Crippen molar-refractivity contribution in [3.05, 3.63) is 24.8 Å². The molecule has 0 heterocycles. The largest absolute Gasteiger partial charge is 0.461 e. The highest BCUT2D eigenvalue weighted by Gasteiger charge is 1.99. The summed E-state index contributed by atoms with van der Waals surface area (Å²) in [5.74, 6) is -0.113. The predicted octanol–water partition coefficient (Wildman–Crippen LogP) is 3.06. The van der Waals surface area contributed by atoms with Crippen molar-refractivity contribution >= 4 is 12.3 Å². The molecule has 0 saturated carbocycles. The quantitative estimate of drug-likeness (QED) is 0.220. The van der Waals surface area contributed by atoms with Crippen molar-refractivity contribution in [2.45, 2.75) is 39.5 Å². The molecule has 0 bridgehead atoms. The van der Waals surface area contributed by atoms with E-state index in [-0.39, 0.29) is 5.97 Å². The minimum atomic E-state index is -0.113. The van der Waals surface area contributed by atoms with Crippen LogP contribution in [0.3, 0.4) is 0 Å². The van der Waals surface area contributed by atoms with Gasteiger partial charge < -0.3 is 4.74 Å². The molecule has 0 radical (unpaired) electrons. The van der Waals surface area contributed by atoms with E-state index in [1.807, 2.05) is 0 Å². The summed E-state index contributed by atoms with van der Waals surface area (Å²) < 4.78 is 4.78. The fraction of sp³-hybridized carbons (Fsp3) is 0.538. The fourth-order valence-electron chi connectivity index (χ4n) is 0.822. The van der Waals surface area contributed by atoms with E-state index < -0.39 is 0 Å². The molecule has 16 heavy (non-hydrogen) atoms. The molecule has 0 aromatic rings. The Hall–Kier alpha value is -1.38. The van der Waals surface area contributed by atoms with E-state index in [0.717, 1.165) is 25.5 Å². The Morgan fingerprint density at radius 3 is 2.44 bits per heavy atom. The summed E-state index contributed by atoms with van der Waals surface area (Å²) in [6.45, 7) is 7.70. The van der Waals surface area contributed by atoms with E-state index in [2.05, 4.69) is 13.5 Å². The first-order valence-electron chi connectivity index (χ1n) is 5.55. The molecule has 0 fully saturated rings. The van der Waals surface area contributed by atoms with Gasteiger partial charge in [0.2, 0.25) is 0 Å². The zero-order valence-electron chi connectivity index (χ0n) is 10.3. The number of carbonyl (C=O) groups is 2. The number of ether oxygens (including phenoxy) is 1. The van der Waals surface area contributed by atoms with Crippen LogP contribution in [0.15, 0.2) is 24.8 Å². The van der Waals surface area contributed by atoms with Crippen LogP contribution in [0.1, 0.15) is 39.5 Å². The van der Waals surface area contributed by atoms with Crippen LogP contribution in [0.4, 0.5) is 0 Å². The van der Waals surface area contributed by atoms with Gasteiger partial charge in [-0.2, -0.15) is 0 Å². The molecule has 0 spiro atoms. The van der Waals surface area contributed by atoms with E-state index in [4.69, 9.17) is 4.74 Å². The van der Waals surface area contributed by atoms with Crippen LogP contribution in [0, 0.1) is 0 Å². The van der Waals surface area contributed by atoms with Gasteiger partial charge in [0.05, 0.1) is 0 Å². The highest BCUT2D eigenvalue weighted by Crippen LogP contribution is 1.99. The highest BCUT2D eigenvalue weighted by molar-refractivity contribution is 5.69. The lowest BCUT2D eigenvalue weighted by molar-refractivity contribution is -0.142. The number of hydrogen-bond acceptors (Lipinski definition) is 3. The smallest absolute Gasteiger partial charge is 0.306 e. The summed E-state index contributed by atoms with van der Waals surface area (Å²) in [6, 6.07) is 0. The Balaban J connectivity index is 0. The van der Waals surface area contributed by atoms with E-state index in [1.54, 1.807) is 19.1 Å². The Kier molecular flexibility index (Phi) is 17.1. The molecule has 0 aliphatic carbocycles. The van der Waals surface area contributed by atoms with Crippen LogP contribution in [-0.4, -0.2) is 18.9 Å². The second-order valence-corrected chi connectivity index (χ2v) is 3.09. The number of aldehydes is 1. The van der Waals surface area contributed by atoms with Gasteiger partial charge in [0.15, 0.2) is 0 Å². The molecule has 0 atom stereocenters. The van der Waals surface area contributed by atoms with Gasteiger partial charge in [-0.15, -0.1) is 0 Å². The summed E-state index contributed by atoms with van der Waals surface area (Å²) in [4.78, 5) is 20.1. The Morgan fingerprint density at radius 2 is 2.06 bits per heavy atom. The predicted molar refractivity (Wildman–Crippen MR) is 66.2 cm³/mol. The summed E-state index contributed by atoms with van der Waals surface area (Å²) in [5.41, 5.74) is 0. The maximum absolute atomic E-state index is 10.8. The van der Waals surface area contributed by atoms with Gasteiger partial charge in [-0.25, -0.2) is 0 Å². The van der Waals surface area contributed by atoms with Crippen molar-refractivity contribution in [2.75, 3.05) is 6.61 Å². The Morgan fingerprint density at radius 1 is 1.38 bits per heavy atom. The number of esters is 1. The first-order chi connectivity index (χ1) is 7.72. The van der Waals surface area contributed by atoms with Crippen LogP contribution < -0.4 is 0 Å². The maximum atomic E-state index is 10.8. The van der Waals surface area contributed by atoms with Crippen LogP contribution >= 0.6 is 0 Å². The highest BCUT2D eigenvalue weighted by atomic mass is 16.5. The van der Waals surface area contributed by atoms with Gasteiger partial charge in [0.25, 0.3) is 0 Å². The van der Waals surface area contributed by atoms with Crippen LogP contribution in [-0.2, 0) is 14.3 Å². The third-order valence-electron chi connectivity index (χ3n) is 1.62. The molecule has 3 nitrogen and oxygen atoms in total. The average molecular weight is 226 g/mol. The summed E-state index contributed by atoms with van der Waals surface area (Å²) in [6.07, 6.45) is 9.18. The van der Waals surface area contributed by atoms with Gasteiger partial charge >= 0.3 is 5.97 Å². The van der Waals surface area contributed by atoms with Crippen LogP contribution in [0.5, 0.6) is 0 Å². The third-order valence-corrected chi connectivity index (χ3v) is 1.62. The zero-order valence-corrected chi connectivity index (χ0v) is 10.3. The standard InChI is InChI=1S/C9H16O2.C4H6O/c1-3-5-6-7-9(10)11-8-4-2;1-2-3-4-5/h4H,2-3,5-8H2,1H3;2-4H,1H3. The van der Waals surface area contributed by atoms with Gasteiger partial charge in [-0.05, 0) is 19.4 Å². The van der Waals surface area contributed by atoms with Gasteiger partial charge in [-0.1, -0.05) is 38.5 Å². The number of allylic oxidation sites excluding steroid dienone is 2. The molecule has 0 N–H and O–H groups in total. The second-order valence-electron chi connectivity index (χ2n) is 3.09. The van der Waals surface area contributed by atoms with E-state index in [1.165, 1.54) is 6.08 Å². The van der Waals surface area contributed by atoms with Crippen LogP contribution in [0.2, 0.25) is 0 Å². The molecular formula is C13H22O3. The topological polar surface area (TPSA) is 43.4 Å². The van der Waals surface area contributed by atoms with Crippen molar-refractivity contribution in [2.24, 2.45) is 0 Å². The lowest BCUT2D eigenvalue weighted by Crippen LogP contribution is -2.03. The molecule has 0 unspecified atom stereocenters. The Bertz CT molecular complexity index is 207. The second kappa shape index (κ2) is 16.1. The fourth-order valence-corrected chi connectivity index (χ4v) is 0.822. The van der Waals surface area contributed by atoms with Crippen molar-refractivity contribution in [3.63, 3.8) is 0 Å². The molecule has 3 heteroatoms. The zero-order chi connectivity index (χ0) is 12.6. The van der Waals surface area contributed by atoms with Gasteiger partial charge in [0.1, 0.15) is 12.9 Å². The normalized spacial score (nSPS) is 9.12. The molecule has 0 rings (SSSR count). The first kappa shape index (κ1) is 17.0. The molecule has 0 aliphatic heterocycles. The molecular weight excluding hydrogens is 204 g/mol. The van der Waals surface area contributed by atoms with Crippen molar-refractivity contribution in [1.82, 2.24) is 0 Å². The lowest BCUT2D eigenvalue weighted by atomic mass is 10.2. The van der Waals surface area contributed by atoms with Gasteiger partial charge in [0, 0.05) is 6.42 Å². The van der Waals surface area contributed by atoms with Crippen molar-refractivity contribution in [1.29, 1.82) is 0 Å². The maximum Gasteiger partial charge on any atom is 0.306 e. The number of unbranched alkanes of at least 4 members (excludes halogenated alkanes) is 2. The number of carbonyl (C=O) groups excluding carboxylic acids is 2. The molecule has 0 aromatic heterocycles. The third kappa shape index (κ3) is 18.4. The molecule has 0 saturated heterocycles. The summed E-state index contributed by atoms with van der Waals surface area (Å²) in [5, 5.41) is 0. The van der Waals surface area contributed by atoms with Crippen molar-refractivity contribution < 1.29 is 14.3 Å². The first-order valence-corrected chi connectivity index (χ1v) is 5.55. The van der Waals surface area contributed by atoms with E-state index in [9.17, 15) is 9.59 Å². The summed E-state index contributed by atoms with van der Waals surface area (Å²) >= 11 is 0. The molecule has 0 amide bonds. The minimum absolute atomic E-state index is 0.113.